The van der Waals surface area contributed by atoms with E-state index in [2.05, 4.69) is 0 Å². The summed E-state index contributed by atoms with van der Waals surface area (Å²) < 4.78 is 0. The van der Waals surface area contributed by atoms with Gasteiger partial charge >= 0.3 is 0 Å². The molecule has 2 nitrogen and oxygen atoms in total. The van der Waals surface area contributed by atoms with Crippen molar-refractivity contribution in [1.82, 2.24) is 0 Å². The molecule has 1 rings (SSSR count). The lowest BCUT2D eigenvalue weighted by Gasteiger charge is -2.28. The van der Waals surface area contributed by atoms with E-state index < -0.39 is 0 Å². The van der Waals surface area contributed by atoms with E-state index in [1.807, 2.05) is 13.8 Å². The number of hydrogen-bond acceptors (Lipinski definition) is 2. The smallest absolute Gasteiger partial charge is 0.135 e. The molecule has 1 unspecified atom stereocenters. The minimum absolute atomic E-state index is 0.215. The second-order valence-corrected chi connectivity index (χ2v) is 4.07. The number of rotatable bonds is 2. The molecule has 2 heteroatoms. The van der Waals surface area contributed by atoms with Crippen LogP contribution in [0.4, 0.5) is 0 Å². The van der Waals surface area contributed by atoms with Gasteiger partial charge in [0.1, 0.15) is 5.78 Å². The third kappa shape index (κ3) is 2.07. The molecule has 1 fully saturated rings. The van der Waals surface area contributed by atoms with Gasteiger partial charge in [-0.3, -0.25) is 4.79 Å². The van der Waals surface area contributed by atoms with Crippen LogP contribution in [0.2, 0.25) is 0 Å². The third-order valence-electron chi connectivity index (χ3n) is 3.08. The standard InChI is InChI=1S/C10H18O2/c1-7-3-4-9(5-10(7)12)8(2)6-11/h7-9,11H,3-6H2,1-2H3/t7-,8?,9+/m1/s1. The van der Waals surface area contributed by atoms with Crippen molar-refractivity contribution in [2.24, 2.45) is 17.8 Å². The van der Waals surface area contributed by atoms with Gasteiger partial charge in [0.05, 0.1) is 0 Å². The minimum atomic E-state index is 0.215. The average Bonchev–Trinajstić information content (AvgIpc) is 2.08. The molecule has 0 aromatic rings. The monoisotopic (exact) mass is 170 g/mol. The summed E-state index contributed by atoms with van der Waals surface area (Å²) in [6.45, 7) is 4.24. The Morgan fingerprint density at radius 1 is 1.58 bits per heavy atom. The molecular formula is C10H18O2. The van der Waals surface area contributed by atoms with E-state index in [-0.39, 0.29) is 12.5 Å². The van der Waals surface area contributed by atoms with E-state index in [1.54, 1.807) is 0 Å². The van der Waals surface area contributed by atoms with Gasteiger partial charge in [-0.25, -0.2) is 0 Å². The highest BCUT2D eigenvalue weighted by atomic mass is 16.3. The predicted molar refractivity (Wildman–Crippen MR) is 47.8 cm³/mol. The number of Topliss-reactive ketones (excluding diaryl/α,β-unsaturated/α-hetero) is 1. The highest BCUT2D eigenvalue weighted by Crippen LogP contribution is 2.30. The van der Waals surface area contributed by atoms with Gasteiger partial charge < -0.3 is 5.11 Å². The van der Waals surface area contributed by atoms with Gasteiger partial charge in [-0.2, -0.15) is 0 Å². The summed E-state index contributed by atoms with van der Waals surface area (Å²) >= 11 is 0. The van der Waals surface area contributed by atoms with Crippen molar-refractivity contribution in [3.63, 3.8) is 0 Å². The summed E-state index contributed by atoms with van der Waals surface area (Å²) in [7, 11) is 0. The van der Waals surface area contributed by atoms with Crippen molar-refractivity contribution in [3.05, 3.63) is 0 Å². The first-order chi connectivity index (χ1) is 5.65. The lowest BCUT2D eigenvalue weighted by atomic mass is 9.76. The molecule has 0 amide bonds. The maximum absolute atomic E-state index is 11.3. The number of hydrogen-bond donors (Lipinski definition) is 1. The number of aliphatic hydroxyl groups excluding tert-OH is 1. The summed E-state index contributed by atoms with van der Waals surface area (Å²) in [6, 6.07) is 0. The zero-order chi connectivity index (χ0) is 9.14. The number of aliphatic hydroxyl groups is 1. The summed E-state index contributed by atoms with van der Waals surface area (Å²) in [5, 5.41) is 8.93. The quantitative estimate of drug-likeness (QED) is 0.683. The van der Waals surface area contributed by atoms with Crippen molar-refractivity contribution in [2.75, 3.05) is 6.61 Å². The Morgan fingerprint density at radius 3 is 2.75 bits per heavy atom. The minimum Gasteiger partial charge on any atom is -0.396 e. The molecular weight excluding hydrogens is 152 g/mol. The molecule has 0 aromatic heterocycles. The number of carbonyl (C=O) groups is 1. The lowest BCUT2D eigenvalue weighted by molar-refractivity contribution is -0.126. The van der Waals surface area contributed by atoms with Crippen LogP contribution in [0.25, 0.3) is 0 Å². The van der Waals surface area contributed by atoms with Crippen LogP contribution in [0.15, 0.2) is 0 Å². The molecule has 70 valence electrons. The van der Waals surface area contributed by atoms with Crippen molar-refractivity contribution >= 4 is 5.78 Å². The van der Waals surface area contributed by atoms with Gasteiger partial charge in [-0.1, -0.05) is 13.8 Å². The van der Waals surface area contributed by atoms with Crippen LogP contribution in [-0.4, -0.2) is 17.5 Å². The second-order valence-electron chi connectivity index (χ2n) is 4.07. The molecule has 1 N–H and O–H groups in total. The van der Waals surface area contributed by atoms with E-state index in [0.29, 0.717) is 24.0 Å². The second kappa shape index (κ2) is 4.04. The van der Waals surface area contributed by atoms with E-state index in [0.717, 1.165) is 12.8 Å². The van der Waals surface area contributed by atoms with Crippen molar-refractivity contribution in [1.29, 1.82) is 0 Å². The maximum atomic E-state index is 11.3. The molecule has 0 radical (unpaired) electrons. The first-order valence-electron chi connectivity index (χ1n) is 4.78. The van der Waals surface area contributed by atoms with Crippen LogP contribution in [0, 0.1) is 17.8 Å². The summed E-state index contributed by atoms with van der Waals surface area (Å²) in [5.41, 5.74) is 0. The first-order valence-corrected chi connectivity index (χ1v) is 4.78. The van der Waals surface area contributed by atoms with Crippen molar-refractivity contribution < 1.29 is 9.90 Å². The predicted octanol–water partition coefficient (Wildman–Crippen LogP) is 1.62. The highest BCUT2D eigenvalue weighted by Gasteiger charge is 2.28. The zero-order valence-corrected chi connectivity index (χ0v) is 7.92. The molecule has 1 aliphatic carbocycles. The molecule has 1 aliphatic rings. The van der Waals surface area contributed by atoms with E-state index in [1.165, 1.54) is 0 Å². The number of carbonyl (C=O) groups excluding carboxylic acids is 1. The molecule has 0 saturated heterocycles. The van der Waals surface area contributed by atoms with E-state index >= 15 is 0 Å². The Balaban J connectivity index is 2.45. The molecule has 3 atom stereocenters. The summed E-state index contributed by atoms with van der Waals surface area (Å²) in [6.07, 6.45) is 2.80. The molecule has 0 heterocycles. The fourth-order valence-electron chi connectivity index (χ4n) is 1.82. The normalized spacial score (nSPS) is 33.4. The number of ketones is 1. The molecule has 1 saturated carbocycles. The van der Waals surface area contributed by atoms with Crippen LogP contribution in [0.3, 0.4) is 0 Å². The SMILES string of the molecule is CC(CO)[C@H]1CC[C@@H](C)C(=O)C1. The summed E-state index contributed by atoms with van der Waals surface area (Å²) in [5.74, 6) is 1.36. The first kappa shape index (κ1) is 9.72. The third-order valence-corrected chi connectivity index (χ3v) is 3.08. The van der Waals surface area contributed by atoms with Crippen LogP contribution in [0.5, 0.6) is 0 Å². The Hall–Kier alpha value is -0.370. The average molecular weight is 170 g/mol. The van der Waals surface area contributed by atoms with Gasteiger partial charge in [0.2, 0.25) is 0 Å². The fraction of sp³-hybridized carbons (Fsp3) is 0.900. The van der Waals surface area contributed by atoms with Gasteiger partial charge in [-0.05, 0) is 24.7 Å². The van der Waals surface area contributed by atoms with Crippen LogP contribution < -0.4 is 0 Å². The van der Waals surface area contributed by atoms with Crippen molar-refractivity contribution in [2.45, 2.75) is 33.1 Å². The zero-order valence-electron chi connectivity index (χ0n) is 7.92. The van der Waals surface area contributed by atoms with E-state index in [4.69, 9.17) is 5.11 Å². The molecule has 0 bridgehead atoms. The lowest BCUT2D eigenvalue weighted by Crippen LogP contribution is -2.27. The Bertz CT molecular complexity index is 165. The van der Waals surface area contributed by atoms with Gasteiger partial charge in [-0.15, -0.1) is 0 Å². The Labute approximate surface area is 74.0 Å². The Kier molecular flexibility index (Phi) is 3.27. The molecule has 0 spiro atoms. The maximum Gasteiger partial charge on any atom is 0.135 e. The summed E-state index contributed by atoms with van der Waals surface area (Å²) in [4.78, 5) is 11.3. The molecule has 12 heavy (non-hydrogen) atoms. The van der Waals surface area contributed by atoms with E-state index in [9.17, 15) is 4.79 Å². The Morgan fingerprint density at radius 2 is 2.25 bits per heavy atom. The van der Waals surface area contributed by atoms with Crippen LogP contribution >= 0.6 is 0 Å². The van der Waals surface area contributed by atoms with Crippen molar-refractivity contribution in [3.8, 4) is 0 Å². The molecule has 0 aliphatic heterocycles. The fourth-order valence-corrected chi connectivity index (χ4v) is 1.82. The van der Waals surface area contributed by atoms with Gasteiger partial charge in [0.15, 0.2) is 0 Å². The largest absolute Gasteiger partial charge is 0.396 e. The highest BCUT2D eigenvalue weighted by molar-refractivity contribution is 5.81. The van der Waals surface area contributed by atoms with Crippen LogP contribution in [-0.2, 0) is 4.79 Å². The van der Waals surface area contributed by atoms with Crippen LogP contribution in [0.1, 0.15) is 33.1 Å². The van der Waals surface area contributed by atoms with Gasteiger partial charge in [0.25, 0.3) is 0 Å². The van der Waals surface area contributed by atoms with Gasteiger partial charge in [0, 0.05) is 18.9 Å². The topological polar surface area (TPSA) is 37.3 Å². The molecule has 0 aromatic carbocycles.